The minimum atomic E-state index is -1.48. The molecule has 236 valence electrons. The maximum absolute atomic E-state index is 13.9. The second-order valence-corrected chi connectivity index (χ2v) is 15.6. The smallest absolute Gasteiger partial charge is 0.186 e. The van der Waals surface area contributed by atoms with E-state index in [9.17, 15) is 30.3 Å². The summed E-state index contributed by atoms with van der Waals surface area (Å²) in [7, 11) is 0. The van der Waals surface area contributed by atoms with Crippen molar-refractivity contribution in [3.8, 4) is 0 Å². The van der Waals surface area contributed by atoms with Crippen molar-refractivity contribution in [2.24, 2.45) is 40.9 Å². The van der Waals surface area contributed by atoms with Gasteiger partial charge in [0.25, 0.3) is 0 Å². The number of Topliss-reactive ketones (excluding diaryl/α,β-unsaturated/α-hetero) is 1. The van der Waals surface area contributed by atoms with E-state index in [4.69, 9.17) is 9.47 Å². The van der Waals surface area contributed by atoms with Crippen LogP contribution in [-0.2, 0) is 14.3 Å². The number of ether oxygens (including phenoxy) is 2. The summed E-state index contributed by atoms with van der Waals surface area (Å²) in [4.78, 5) is 16.4. The lowest BCUT2D eigenvalue weighted by Crippen LogP contribution is -2.60. The molecule has 0 bridgehead atoms. The van der Waals surface area contributed by atoms with Gasteiger partial charge in [-0.15, -0.1) is 0 Å². The lowest BCUT2D eigenvalue weighted by atomic mass is 9.51. The summed E-state index contributed by atoms with van der Waals surface area (Å²) in [6.45, 7) is 8.25. The zero-order chi connectivity index (χ0) is 29.7. The molecule has 5 fully saturated rings. The third-order valence-electron chi connectivity index (χ3n) is 13.4. The van der Waals surface area contributed by atoms with Crippen molar-refractivity contribution in [1.82, 2.24) is 4.90 Å². The number of aliphatic hydroxyl groups is 5. The fourth-order valence-electron chi connectivity index (χ4n) is 11.2. The maximum atomic E-state index is 13.9. The van der Waals surface area contributed by atoms with E-state index in [0.717, 1.165) is 51.6 Å². The van der Waals surface area contributed by atoms with E-state index in [1.54, 1.807) is 0 Å². The Bertz CT molecular complexity index is 1110. The third kappa shape index (κ3) is 4.43. The molecule has 0 aromatic rings. The Morgan fingerprint density at radius 3 is 2.57 bits per heavy atom. The average molecular weight is 590 g/mol. The second kappa shape index (κ2) is 10.6. The van der Waals surface area contributed by atoms with Crippen LogP contribution in [0.4, 0.5) is 0 Å². The van der Waals surface area contributed by atoms with E-state index in [0.29, 0.717) is 48.2 Å². The van der Waals surface area contributed by atoms with Gasteiger partial charge in [0.15, 0.2) is 6.29 Å². The topological polar surface area (TPSA) is 140 Å². The van der Waals surface area contributed by atoms with E-state index in [1.807, 2.05) is 0 Å². The van der Waals surface area contributed by atoms with Crippen LogP contribution in [0.15, 0.2) is 11.1 Å². The highest BCUT2D eigenvalue weighted by atomic mass is 16.7. The van der Waals surface area contributed by atoms with Gasteiger partial charge in [-0.1, -0.05) is 19.4 Å². The maximum Gasteiger partial charge on any atom is 0.186 e. The normalized spacial score (nSPS) is 54.5. The van der Waals surface area contributed by atoms with Gasteiger partial charge < -0.3 is 35.0 Å². The van der Waals surface area contributed by atoms with E-state index < -0.39 is 42.9 Å². The van der Waals surface area contributed by atoms with Gasteiger partial charge in [-0.25, -0.2) is 0 Å². The number of hydrogen-bond acceptors (Lipinski definition) is 9. The Balaban J connectivity index is 1.09. The van der Waals surface area contributed by atoms with Gasteiger partial charge in [0.1, 0.15) is 30.2 Å². The number of nitrogens with zero attached hydrogens (tertiary/aromatic N) is 1. The SMILES string of the molecule is C[C@H]1CC[C@@H]2N(CC3=C(CC[C@H]4[C@@H]5CC(=O)[C@H]6C[C@@H](O[C@@H]7O[C@H](CO)[C@@H](O)[C@H](O)[C@H]7O)CC[C@]6(C)[C@H]5C[C@@H]34)[C@]2(C)O)C1. The Hall–Kier alpha value is -0.910. The van der Waals surface area contributed by atoms with Crippen molar-refractivity contribution in [2.75, 3.05) is 19.7 Å². The van der Waals surface area contributed by atoms with Gasteiger partial charge in [-0.3, -0.25) is 9.69 Å². The van der Waals surface area contributed by atoms with Crippen molar-refractivity contribution in [2.45, 2.75) is 127 Å². The molecule has 42 heavy (non-hydrogen) atoms. The molecule has 0 radical (unpaired) electrons. The minimum Gasteiger partial charge on any atom is -0.394 e. The van der Waals surface area contributed by atoms with E-state index >= 15 is 0 Å². The van der Waals surface area contributed by atoms with Crippen molar-refractivity contribution in [3.63, 3.8) is 0 Å². The summed E-state index contributed by atoms with van der Waals surface area (Å²) in [5.74, 6) is 2.65. The van der Waals surface area contributed by atoms with Crippen molar-refractivity contribution in [1.29, 1.82) is 0 Å². The average Bonchev–Trinajstić information content (AvgIpc) is 3.33. The van der Waals surface area contributed by atoms with Crippen LogP contribution in [0.2, 0.25) is 0 Å². The van der Waals surface area contributed by atoms with Crippen LogP contribution >= 0.6 is 0 Å². The molecule has 5 N–H and O–H groups in total. The van der Waals surface area contributed by atoms with Crippen LogP contribution in [0.5, 0.6) is 0 Å². The molecule has 3 aliphatic heterocycles. The van der Waals surface area contributed by atoms with Crippen molar-refractivity contribution < 1.29 is 39.8 Å². The van der Waals surface area contributed by atoms with Crippen LogP contribution in [0.25, 0.3) is 0 Å². The number of carbonyl (C=O) groups is 1. The van der Waals surface area contributed by atoms with Crippen molar-refractivity contribution in [3.05, 3.63) is 11.1 Å². The van der Waals surface area contributed by atoms with Crippen LogP contribution in [0.1, 0.15) is 78.6 Å². The summed E-state index contributed by atoms with van der Waals surface area (Å²) >= 11 is 0. The van der Waals surface area contributed by atoms with Crippen LogP contribution < -0.4 is 0 Å². The summed E-state index contributed by atoms with van der Waals surface area (Å²) in [5.41, 5.74) is 1.91. The minimum absolute atomic E-state index is 0.118. The molecular formula is C33H51NO8. The number of piperidine rings is 1. The lowest BCUT2D eigenvalue weighted by Gasteiger charge is -2.54. The number of ketones is 1. The number of aliphatic hydroxyl groups excluding tert-OH is 4. The highest BCUT2D eigenvalue weighted by Crippen LogP contribution is 2.65. The summed E-state index contributed by atoms with van der Waals surface area (Å²) in [5, 5.41) is 52.3. The first-order valence-corrected chi connectivity index (χ1v) is 16.6. The van der Waals surface area contributed by atoms with Gasteiger partial charge in [0, 0.05) is 31.5 Å². The highest BCUT2D eigenvalue weighted by molar-refractivity contribution is 5.83. The molecular weight excluding hydrogens is 538 g/mol. The Labute approximate surface area is 249 Å². The van der Waals surface area contributed by atoms with Gasteiger partial charge in [-0.05, 0) is 98.9 Å². The molecule has 0 spiro atoms. The second-order valence-electron chi connectivity index (χ2n) is 15.6. The monoisotopic (exact) mass is 589 g/mol. The number of hydrogen-bond donors (Lipinski definition) is 5. The predicted octanol–water partition coefficient (Wildman–Crippen LogP) is 1.77. The lowest BCUT2D eigenvalue weighted by molar-refractivity contribution is -0.315. The van der Waals surface area contributed by atoms with Crippen LogP contribution in [-0.4, -0.2) is 104 Å². The molecule has 15 atom stereocenters. The van der Waals surface area contributed by atoms with Gasteiger partial charge in [0.2, 0.25) is 0 Å². The van der Waals surface area contributed by atoms with Crippen LogP contribution in [0, 0.1) is 40.9 Å². The molecule has 9 nitrogen and oxygen atoms in total. The standard InChI is InChI=1S/C33H51NO8/c1-16-4-7-27-33(3,40)22-6-5-18-19(21(22)14-34(27)13-16)11-23-20(18)12-25(36)24-10-17(8-9-32(23,24)2)41-31-30(39)29(38)28(37)26(15-35)42-31/h16-20,23-24,26-31,35,37-40H,4-15H2,1-3H3/t16-,17-,18+,19+,20-,23-,24+,26+,27-,28+,29-,30+,31+,32+,33-/m0/s1. The highest BCUT2D eigenvalue weighted by Gasteiger charge is 2.62. The molecule has 4 aliphatic carbocycles. The molecule has 0 aromatic heterocycles. The summed E-state index contributed by atoms with van der Waals surface area (Å²) in [6, 6.07) is 0.218. The molecule has 9 heteroatoms. The molecule has 0 aromatic carbocycles. The van der Waals surface area contributed by atoms with Crippen molar-refractivity contribution >= 4 is 5.78 Å². The largest absolute Gasteiger partial charge is 0.394 e. The Morgan fingerprint density at radius 2 is 1.81 bits per heavy atom. The summed E-state index contributed by atoms with van der Waals surface area (Å²) in [6.07, 6.45) is 1.29. The van der Waals surface area contributed by atoms with Gasteiger partial charge in [-0.2, -0.15) is 0 Å². The zero-order valence-electron chi connectivity index (χ0n) is 25.4. The van der Waals surface area contributed by atoms with E-state index in [1.165, 1.54) is 17.6 Å². The summed E-state index contributed by atoms with van der Waals surface area (Å²) < 4.78 is 11.8. The molecule has 0 unspecified atom stereocenters. The number of carbonyl (C=O) groups excluding carboxylic acids is 1. The van der Waals surface area contributed by atoms with Gasteiger partial charge in [0.05, 0.1) is 18.3 Å². The quantitative estimate of drug-likeness (QED) is 0.246. The molecule has 7 rings (SSSR count). The Kier molecular flexibility index (Phi) is 7.50. The molecule has 0 amide bonds. The Morgan fingerprint density at radius 1 is 1.02 bits per heavy atom. The van der Waals surface area contributed by atoms with E-state index in [2.05, 4.69) is 25.7 Å². The fourth-order valence-corrected chi connectivity index (χ4v) is 11.2. The van der Waals surface area contributed by atoms with Gasteiger partial charge >= 0.3 is 0 Å². The third-order valence-corrected chi connectivity index (χ3v) is 13.4. The first-order valence-electron chi connectivity index (χ1n) is 16.6. The fraction of sp³-hybridized carbons (Fsp3) is 0.909. The van der Waals surface area contributed by atoms with Crippen LogP contribution in [0.3, 0.4) is 0 Å². The zero-order valence-corrected chi connectivity index (χ0v) is 25.4. The first kappa shape index (κ1) is 29.8. The molecule has 3 heterocycles. The molecule has 7 aliphatic rings. The molecule has 3 saturated carbocycles. The first-order chi connectivity index (χ1) is 19.9. The predicted molar refractivity (Wildman–Crippen MR) is 153 cm³/mol. The number of rotatable bonds is 3. The number of fused-ring (bicyclic) bond motifs is 7. The van der Waals surface area contributed by atoms with E-state index in [-0.39, 0.29) is 23.5 Å². The molecule has 2 saturated heterocycles.